The van der Waals surface area contributed by atoms with Gasteiger partial charge in [-0.2, -0.15) is 5.10 Å². The monoisotopic (exact) mass is 530 g/mol. The van der Waals surface area contributed by atoms with Gasteiger partial charge in [-0.3, -0.25) is 19.6 Å². The zero-order valence-electron chi connectivity index (χ0n) is 20.9. The number of carbonyl (C=O) groups excluding carboxylic acids is 2. The molecule has 196 valence electrons. The minimum Gasteiger partial charge on any atom is -0.379 e. The summed E-state index contributed by atoms with van der Waals surface area (Å²) in [5.41, 5.74) is 4.84. The van der Waals surface area contributed by atoms with E-state index in [4.69, 9.17) is 4.74 Å². The third-order valence-corrected chi connectivity index (χ3v) is 8.56. The molecule has 2 aromatic carbocycles. The van der Waals surface area contributed by atoms with Crippen LogP contribution in [-0.2, 0) is 14.3 Å². The number of ether oxygens (including phenoxy) is 1. The molecule has 2 aliphatic heterocycles. The van der Waals surface area contributed by atoms with Gasteiger partial charge in [0.2, 0.25) is 11.8 Å². The standard InChI is InChI=1S/C28H30N6O3S/c35-23(29-10-11-34-12-14-37-15-13-34)16-22-28(36)31-27-24(25(32-33-27)18-6-2-1-3-7-18)26(38-22)20-17-30-21-9-5-4-8-19(20)21/h1-9,17,22,26,30H,10-16H2,(H,29,35)(H2,31,32,33,36). The fraction of sp³-hybridized carbons (Fsp3) is 0.321. The van der Waals surface area contributed by atoms with Gasteiger partial charge < -0.3 is 20.4 Å². The number of nitrogens with zero attached hydrogens (tertiary/aromatic N) is 2. The van der Waals surface area contributed by atoms with E-state index in [-0.39, 0.29) is 23.5 Å². The number of aromatic amines is 2. The maximum Gasteiger partial charge on any atom is 0.239 e. The number of rotatable bonds is 7. The molecule has 38 heavy (non-hydrogen) atoms. The lowest BCUT2D eigenvalue weighted by Crippen LogP contribution is -2.42. The molecule has 2 aromatic heterocycles. The van der Waals surface area contributed by atoms with E-state index in [0.29, 0.717) is 12.4 Å². The highest BCUT2D eigenvalue weighted by atomic mass is 32.2. The van der Waals surface area contributed by atoms with Gasteiger partial charge in [0.1, 0.15) is 0 Å². The number of carbonyl (C=O) groups is 2. The highest BCUT2D eigenvalue weighted by molar-refractivity contribution is 8.01. The van der Waals surface area contributed by atoms with Crippen molar-refractivity contribution in [1.29, 1.82) is 0 Å². The molecular formula is C28H30N6O3S. The predicted octanol–water partition coefficient (Wildman–Crippen LogP) is 3.54. The van der Waals surface area contributed by atoms with Gasteiger partial charge in [-0.15, -0.1) is 11.8 Å². The summed E-state index contributed by atoms with van der Waals surface area (Å²) in [6, 6.07) is 18.1. The van der Waals surface area contributed by atoms with Crippen LogP contribution in [0, 0.1) is 0 Å². The van der Waals surface area contributed by atoms with E-state index in [1.54, 1.807) is 0 Å². The van der Waals surface area contributed by atoms with Crippen LogP contribution in [0.2, 0.25) is 0 Å². The molecule has 4 N–H and O–H groups in total. The summed E-state index contributed by atoms with van der Waals surface area (Å²) >= 11 is 1.50. The Kier molecular flexibility index (Phi) is 7.17. The molecule has 0 bridgehead atoms. The molecule has 2 amide bonds. The fourth-order valence-corrected chi connectivity index (χ4v) is 6.58. The lowest BCUT2D eigenvalue weighted by molar-refractivity contribution is -0.124. The van der Waals surface area contributed by atoms with Gasteiger partial charge in [0, 0.05) is 55.3 Å². The second-order valence-electron chi connectivity index (χ2n) is 9.52. The summed E-state index contributed by atoms with van der Waals surface area (Å²) in [6.07, 6.45) is 2.09. The van der Waals surface area contributed by atoms with Crippen LogP contribution in [-0.4, -0.2) is 76.5 Å². The summed E-state index contributed by atoms with van der Waals surface area (Å²) in [5.74, 6) is 0.160. The van der Waals surface area contributed by atoms with E-state index in [1.807, 2.05) is 54.7 Å². The van der Waals surface area contributed by atoms with Crippen LogP contribution >= 0.6 is 11.8 Å². The Labute approximate surface area is 224 Å². The second-order valence-corrected chi connectivity index (χ2v) is 10.8. The fourth-order valence-electron chi connectivity index (χ4n) is 5.12. The van der Waals surface area contributed by atoms with E-state index < -0.39 is 5.25 Å². The number of amides is 2. The summed E-state index contributed by atoms with van der Waals surface area (Å²) in [5, 5.41) is 14.0. The van der Waals surface area contributed by atoms with Crippen LogP contribution in [0.4, 0.5) is 5.82 Å². The maximum atomic E-state index is 13.4. The van der Waals surface area contributed by atoms with Crippen LogP contribution in [0.25, 0.3) is 22.2 Å². The number of aromatic nitrogens is 3. The van der Waals surface area contributed by atoms with Crippen molar-refractivity contribution in [2.45, 2.75) is 16.9 Å². The van der Waals surface area contributed by atoms with Crippen molar-refractivity contribution in [2.24, 2.45) is 0 Å². The number of para-hydroxylation sites is 1. The lowest BCUT2D eigenvalue weighted by Gasteiger charge is -2.26. The number of benzene rings is 2. The van der Waals surface area contributed by atoms with Gasteiger partial charge in [0.05, 0.1) is 29.4 Å². The van der Waals surface area contributed by atoms with Gasteiger partial charge >= 0.3 is 0 Å². The number of anilines is 1. The van der Waals surface area contributed by atoms with Crippen molar-refractivity contribution in [1.82, 2.24) is 25.4 Å². The van der Waals surface area contributed by atoms with Gasteiger partial charge in [0.25, 0.3) is 0 Å². The second kappa shape index (κ2) is 11.0. The first-order chi connectivity index (χ1) is 18.7. The minimum atomic E-state index is -0.574. The van der Waals surface area contributed by atoms with Crippen molar-refractivity contribution in [3.63, 3.8) is 0 Å². The molecule has 10 heteroatoms. The van der Waals surface area contributed by atoms with E-state index in [2.05, 4.69) is 36.8 Å². The number of nitrogens with one attached hydrogen (secondary N) is 4. The molecule has 6 rings (SSSR count). The Balaban J connectivity index is 1.28. The number of hydrogen-bond acceptors (Lipinski definition) is 6. The predicted molar refractivity (Wildman–Crippen MR) is 149 cm³/mol. The van der Waals surface area contributed by atoms with Gasteiger partial charge in [-0.25, -0.2) is 0 Å². The van der Waals surface area contributed by atoms with Crippen molar-refractivity contribution in [3.8, 4) is 11.3 Å². The molecule has 0 saturated carbocycles. The molecule has 4 heterocycles. The number of thioether (sulfide) groups is 1. The summed E-state index contributed by atoms with van der Waals surface area (Å²) in [7, 11) is 0. The molecule has 2 unspecified atom stereocenters. The Bertz CT molecular complexity index is 1430. The van der Waals surface area contributed by atoms with Gasteiger partial charge in [-0.1, -0.05) is 48.5 Å². The minimum absolute atomic E-state index is 0.0904. The van der Waals surface area contributed by atoms with Crippen LogP contribution < -0.4 is 10.6 Å². The summed E-state index contributed by atoms with van der Waals surface area (Å²) in [4.78, 5) is 31.9. The molecule has 1 saturated heterocycles. The molecule has 4 aromatic rings. The van der Waals surface area contributed by atoms with Crippen LogP contribution in [0.15, 0.2) is 60.8 Å². The van der Waals surface area contributed by atoms with Crippen molar-refractivity contribution >= 4 is 40.3 Å². The molecule has 1 fully saturated rings. The summed E-state index contributed by atoms with van der Waals surface area (Å²) in [6.45, 7) is 4.51. The highest BCUT2D eigenvalue weighted by Gasteiger charge is 2.37. The quantitative estimate of drug-likeness (QED) is 0.291. The van der Waals surface area contributed by atoms with Crippen molar-refractivity contribution < 1.29 is 14.3 Å². The smallest absolute Gasteiger partial charge is 0.239 e. The van der Waals surface area contributed by atoms with Gasteiger partial charge in [0.15, 0.2) is 5.82 Å². The average molecular weight is 531 g/mol. The maximum absolute atomic E-state index is 13.4. The molecule has 0 radical (unpaired) electrons. The average Bonchev–Trinajstić information content (AvgIpc) is 3.54. The first-order valence-electron chi connectivity index (χ1n) is 12.9. The Hall–Kier alpha value is -3.60. The van der Waals surface area contributed by atoms with Gasteiger partial charge in [-0.05, 0) is 17.2 Å². The SMILES string of the molecule is O=C(CC1SC(c2c[nH]c3ccccc23)c2c(n[nH]c2-c2ccccc2)NC1=O)NCCN1CCOCC1. The lowest BCUT2D eigenvalue weighted by atomic mass is 9.99. The molecule has 2 aliphatic rings. The largest absolute Gasteiger partial charge is 0.379 e. The summed E-state index contributed by atoms with van der Waals surface area (Å²) < 4.78 is 5.39. The number of H-pyrrole nitrogens is 2. The first kappa shape index (κ1) is 24.7. The molecule has 2 atom stereocenters. The molecule has 0 spiro atoms. The van der Waals surface area contributed by atoms with Crippen LogP contribution in [0.5, 0.6) is 0 Å². The number of fused-ring (bicyclic) bond motifs is 2. The van der Waals surface area contributed by atoms with E-state index in [1.165, 1.54) is 11.8 Å². The third-order valence-electron chi connectivity index (χ3n) is 7.09. The highest BCUT2D eigenvalue weighted by Crippen LogP contribution is 2.49. The van der Waals surface area contributed by atoms with Crippen molar-refractivity contribution in [3.05, 3.63) is 71.9 Å². The topological polar surface area (TPSA) is 115 Å². The molecule has 0 aliphatic carbocycles. The van der Waals surface area contributed by atoms with Crippen molar-refractivity contribution in [2.75, 3.05) is 44.7 Å². The number of morpholine rings is 1. The Morgan fingerprint density at radius 3 is 2.74 bits per heavy atom. The van der Waals surface area contributed by atoms with E-state index in [9.17, 15) is 9.59 Å². The van der Waals surface area contributed by atoms with Crippen LogP contribution in [0.1, 0.15) is 22.8 Å². The number of hydrogen-bond donors (Lipinski definition) is 4. The van der Waals surface area contributed by atoms with E-state index in [0.717, 1.165) is 66.1 Å². The zero-order chi connectivity index (χ0) is 25.9. The molecule has 9 nitrogen and oxygen atoms in total. The third kappa shape index (κ3) is 5.07. The Morgan fingerprint density at radius 2 is 1.89 bits per heavy atom. The molecular weight excluding hydrogens is 500 g/mol. The zero-order valence-corrected chi connectivity index (χ0v) is 21.7. The normalized spacial score (nSPS) is 20.1. The Morgan fingerprint density at radius 1 is 1.11 bits per heavy atom. The van der Waals surface area contributed by atoms with E-state index >= 15 is 0 Å². The van der Waals surface area contributed by atoms with Crippen LogP contribution in [0.3, 0.4) is 0 Å². The first-order valence-corrected chi connectivity index (χ1v) is 13.8.